The van der Waals surface area contributed by atoms with Gasteiger partial charge in [0.1, 0.15) is 0 Å². The van der Waals surface area contributed by atoms with E-state index >= 15 is 0 Å². The monoisotopic (exact) mass is 212 g/mol. The fourth-order valence-corrected chi connectivity index (χ4v) is 3.26. The fraction of sp³-hybridized carbons (Fsp3) is 1.00. The van der Waals surface area contributed by atoms with Crippen molar-refractivity contribution in [2.24, 2.45) is 22.7 Å². The van der Waals surface area contributed by atoms with Crippen LogP contribution in [0.3, 0.4) is 0 Å². The zero-order chi connectivity index (χ0) is 11.4. The highest BCUT2D eigenvalue weighted by atomic mass is 16.7. The van der Waals surface area contributed by atoms with Gasteiger partial charge in [0.15, 0.2) is 6.29 Å². The van der Waals surface area contributed by atoms with Crippen LogP contribution in [0.4, 0.5) is 0 Å². The molecule has 2 heterocycles. The van der Waals surface area contributed by atoms with Crippen molar-refractivity contribution in [2.75, 3.05) is 6.61 Å². The van der Waals surface area contributed by atoms with Crippen molar-refractivity contribution in [3.8, 4) is 0 Å². The summed E-state index contributed by atoms with van der Waals surface area (Å²) in [5.74, 6) is 1.15. The minimum absolute atomic E-state index is 0.0409. The van der Waals surface area contributed by atoms with E-state index in [2.05, 4.69) is 41.5 Å². The molecule has 0 spiro atoms. The van der Waals surface area contributed by atoms with Crippen LogP contribution in [0.5, 0.6) is 0 Å². The summed E-state index contributed by atoms with van der Waals surface area (Å²) < 4.78 is 11.6. The van der Waals surface area contributed by atoms with Crippen molar-refractivity contribution < 1.29 is 9.47 Å². The highest BCUT2D eigenvalue weighted by Gasteiger charge is 2.57. The van der Waals surface area contributed by atoms with E-state index in [1.165, 1.54) is 0 Å². The molecular weight excluding hydrogens is 188 g/mol. The second kappa shape index (κ2) is 3.21. The van der Waals surface area contributed by atoms with Gasteiger partial charge in [0, 0.05) is 11.8 Å². The van der Waals surface area contributed by atoms with Gasteiger partial charge in [-0.15, -0.1) is 0 Å². The second-order valence-electron chi connectivity index (χ2n) is 7.16. The SMILES string of the molecule is CC(C)(C)C1C2COC(O2)C1C(C)(C)C. The minimum atomic E-state index is 0.0409. The molecule has 0 amide bonds. The third-order valence-corrected chi connectivity index (χ3v) is 3.81. The van der Waals surface area contributed by atoms with Gasteiger partial charge < -0.3 is 9.47 Å². The summed E-state index contributed by atoms with van der Waals surface area (Å²) in [6.07, 6.45) is 0.360. The second-order valence-corrected chi connectivity index (χ2v) is 7.16. The molecule has 88 valence electrons. The van der Waals surface area contributed by atoms with Gasteiger partial charge in [0.05, 0.1) is 12.7 Å². The molecule has 0 N–H and O–H groups in total. The molecule has 4 atom stereocenters. The Hall–Kier alpha value is -0.0800. The maximum absolute atomic E-state index is 5.93. The summed E-state index contributed by atoms with van der Waals surface area (Å²) in [4.78, 5) is 0. The molecule has 0 radical (unpaired) electrons. The molecule has 2 aliphatic rings. The quantitative estimate of drug-likeness (QED) is 0.614. The molecule has 0 aromatic rings. The van der Waals surface area contributed by atoms with E-state index in [9.17, 15) is 0 Å². The Balaban J connectivity index is 2.28. The van der Waals surface area contributed by atoms with Crippen molar-refractivity contribution in [3.05, 3.63) is 0 Å². The molecule has 2 rings (SSSR count). The van der Waals surface area contributed by atoms with Gasteiger partial charge in [-0.3, -0.25) is 0 Å². The standard InChI is InChI=1S/C13H24O2/c1-12(2,3)9-8-7-14-11(15-8)10(9)13(4,5)6/h8-11H,7H2,1-6H3. The third-order valence-electron chi connectivity index (χ3n) is 3.81. The predicted octanol–water partition coefficient (Wildman–Crippen LogP) is 3.07. The molecule has 4 unspecified atom stereocenters. The van der Waals surface area contributed by atoms with Crippen LogP contribution in [0.2, 0.25) is 0 Å². The number of hydrogen-bond acceptors (Lipinski definition) is 2. The number of ether oxygens (including phenoxy) is 2. The van der Waals surface area contributed by atoms with Crippen LogP contribution < -0.4 is 0 Å². The van der Waals surface area contributed by atoms with Crippen molar-refractivity contribution in [3.63, 3.8) is 0 Å². The summed E-state index contributed by atoms with van der Waals surface area (Å²) in [7, 11) is 0. The van der Waals surface area contributed by atoms with Gasteiger partial charge in [0.25, 0.3) is 0 Å². The normalized spacial score (nSPS) is 41.2. The third kappa shape index (κ3) is 1.83. The van der Waals surface area contributed by atoms with Crippen LogP contribution in [0.15, 0.2) is 0 Å². The number of rotatable bonds is 0. The maximum atomic E-state index is 5.93. The molecule has 2 fully saturated rings. The highest BCUT2D eigenvalue weighted by Crippen LogP contribution is 2.54. The summed E-state index contributed by atoms with van der Waals surface area (Å²) in [5.41, 5.74) is 0.568. The summed E-state index contributed by atoms with van der Waals surface area (Å²) in [6.45, 7) is 14.6. The Kier molecular flexibility index (Phi) is 2.44. The van der Waals surface area contributed by atoms with E-state index < -0.39 is 0 Å². The van der Waals surface area contributed by atoms with Crippen LogP contribution in [0.1, 0.15) is 41.5 Å². The van der Waals surface area contributed by atoms with Crippen LogP contribution in [-0.2, 0) is 9.47 Å². The lowest BCUT2D eigenvalue weighted by Gasteiger charge is -2.43. The minimum Gasteiger partial charge on any atom is -0.350 e. The Morgan fingerprint density at radius 2 is 1.40 bits per heavy atom. The topological polar surface area (TPSA) is 18.5 Å². The first-order valence-corrected chi connectivity index (χ1v) is 5.98. The number of fused-ring (bicyclic) bond motifs is 2. The molecular formula is C13H24O2. The Labute approximate surface area is 93.3 Å². The van der Waals surface area contributed by atoms with Gasteiger partial charge in [-0.25, -0.2) is 0 Å². The van der Waals surface area contributed by atoms with E-state index in [1.54, 1.807) is 0 Å². The van der Waals surface area contributed by atoms with Gasteiger partial charge in [-0.05, 0) is 10.8 Å². The van der Waals surface area contributed by atoms with E-state index in [1.807, 2.05) is 0 Å². The summed E-state index contributed by atoms with van der Waals surface area (Å²) in [6, 6.07) is 0. The lowest BCUT2D eigenvalue weighted by atomic mass is 9.63. The lowest BCUT2D eigenvalue weighted by Crippen LogP contribution is -2.45. The molecule has 2 heteroatoms. The van der Waals surface area contributed by atoms with E-state index in [0.29, 0.717) is 23.4 Å². The molecule has 15 heavy (non-hydrogen) atoms. The van der Waals surface area contributed by atoms with Crippen molar-refractivity contribution in [2.45, 2.75) is 53.9 Å². The summed E-state index contributed by atoms with van der Waals surface area (Å²) >= 11 is 0. The Morgan fingerprint density at radius 3 is 1.80 bits per heavy atom. The van der Waals surface area contributed by atoms with Crippen molar-refractivity contribution in [1.82, 2.24) is 0 Å². The molecule has 0 aliphatic carbocycles. The molecule has 2 aliphatic heterocycles. The molecule has 0 saturated carbocycles. The molecule has 0 aromatic heterocycles. The zero-order valence-corrected chi connectivity index (χ0v) is 10.8. The van der Waals surface area contributed by atoms with E-state index in [4.69, 9.17) is 9.47 Å². The fourth-order valence-electron chi connectivity index (χ4n) is 3.26. The zero-order valence-electron chi connectivity index (χ0n) is 10.8. The first-order valence-electron chi connectivity index (χ1n) is 5.98. The predicted molar refractivity (Wildman–Crippen MR) is 60.5 cm³/mol. The van der Waals surface area contributed by atoms with E-state index in [0.717, 1.165) is 6.61 Å². The molecule has 2 nitrogen and oxygen atoms in total. The van der Waals surface area contributed by atoms with Crippen LogP contribution in [-0.4, -0.2) is 19.0 Å². The van der Waals surface area contributed by atoms with Gasteiger partial charge in [-0.1, -0.05) is 41.5 Å². The summed E-state index contributed by atoms with van der Waals surface area (Å²) in [5, 5.41) is 0. The lowest BCUT2D eigenvalue weighted by molar-refractivity contribution is -0.100. The average molecular weight is 212 g/mol. The smallest absolute Gasteiger partial charge is 0.161 e. The maximum Gasteiger partial charge on any atom is 0.161 e. The molecule has 0 aromatic carbocycles. The first kappa shape index (κ1) is 11.4. The highest BCUT2D eigenvalue weighted by molar-refractivity contribution is 5.00. The number of hydrogen-bond donors (Lipinski definition) is 0. The Morgan fingerprint density at radius 1 is 0.867 bits per heavy atom. The van der Waals surface area contributed by atoms with Crippen LogP contribution in [0.25, 0.3) is 0 Å². The van der Waals surface area contributed by atoms with Crippen molar-refractivity contribution in [1.29, 1.82) is 0 Å². The largest absolute Gasteiger partial charge is 0.350 e. The van der Waals surface area contributed by atoms with Gasteiger partial charge >= 0.3 is 0 Å². The van der Waals surface area contributed by atoms with Crippen LogP contribution in [0, 0.1) is 22.7 Å². The van der Waals surface area contributed by atoms with E-state index in [-0.39, 0.29) is 11.7 Å². The average Bonchev–Trinajstić information content (AvgIpc) is 2.56. The van der Waals surface area contributed by atoms with Crippen molar-refractivity contribution >= 4 is 0 Å². The van der Waals surface area contributed by atoms with Gasteiger partial charge in [0.2, 0.25) is 0 Å². The Bertz CT molecular complexity index is 220. The molecule has 2 bridgehead atoms. The first-order chi connectivity index (χ1) is 6.71. The molecule has 2 saturated heterocycles. The van der Waals surface area contributed by atoms with Gasteiger partial charge in [-0.2, -0.15) is 0 Å². The van der Waals surface area contributed by atoms with Crippen LogP contribution >= 0.6 is 0 Å².